The highest BCUT2D eigenvalue weighted by Gasteiger charge is 2.29. The van der Waals surface area contributed by atoms with Gasteiger partial charge in [-0.2, -0.15) is 10.5 Å². The van der Waals surface area contributed by atoms with Gasteiger partial charge in [-0.25, -0.2) is 9.37 Å². The molecule has 3 aromatic rings. The molecule has 0 bridgehead atoms. The quantitative estimate of drug-likeness (QED) is 0.598. The van der Waals surface area contributed by atoms with E-state index in [1.54, 1.807) is 24.4 Å². The Labute approximate surface area is 197 Å². The van der Waals surface area contributed by atoms with Gasteiger partial charge in [-0.05, 0) is 55.2 Å². The molecule has 8 heteroatoms. The van der Waals surface area contributed by atoms with Crippen molar-refractivity contribution in [2.24, 2.45) is 5.73 Å². The van der Waals surface area contributed by atoms with E-state index in [4.69, 9.17) is 15.7 Å². The first kappa shape index (κ1) is 23.0. The summed E-state index contributed by atoms with van der Waals surface area (Å²) in [6.07, 6.45) is 3.11. The molecule has 2 aromatic carbocycles. The van der Waals surface area contributed by atoms with E-state index in [9.17, 15) is 14.8 Å². The molecule has 0 spiro atoms. The van der Waals surface area contributed by atoms with Crippen LogP contribution in [0, 0.1) is 28.5 Å². The molecule has 4 rings (SSSR count). The minimum absolute atomic E-state index is 0.0715. The summed E-state index contributed by atoms with van der Waals surface area (Å²) in [5.41, 5.74) is 8.24. The maximum absolute atomic E-state index is 14.6. The predicted molar refractivity (Wildman–Crippen MR) is 127 cm³/mol. The Balaban J connectivity index is 1.94. The minimum Gasteiger partial charge on any atom is -0.504 e. The molecule has 3 N–H and O–H groups in total. The number of piperidine rings is 1. The molecule has 0 radical (unpaired) electrons. The fourth-order valence-corrected chi connectivity index (χ4v) is 4.21. The van der Waals surface area contributed by atoms with Crippen LogP contribution in [0.2, 0.25) is 0 Å². The molecule has 34 heavy (non-hydrogen) atoms. The van der Waals surface area contributed by atoms with E-state index < -0.39 is 5.82 Å². The third-order valence-corrected chi connectivity index (χ3v) is 6.24. The summed E-state index contributed by atoms with van der Waals surface area (Å²) < 4.78 is 19.7. The summed E-state index contributed by atoms with van der Waals surface area (Å²) >= 11 is 0. The van der Waals surface area contributed by atoms with Crippen LogP contribution in [0.5, 0.6) is 11.5 Å². The molecule has 0 amide bonds. The van der Waals surface area contributed by atoms with Crippen LogP contribution >= 0.6 is 0 Å². The van der Waals surface area contributed by atoms with E-state index in [-0.39, 0.29) is 22.4 Å². The number of aromatic nitrogens is 1. The number of anilines is 1. The highest BCUT2D eigenvalue weighted by molar-refractivity contribution is 5.90. The standard InChI is InChI=1S/C26H24FN5O2/c1-26(30)7-9-32(10-8-26)25-19(14-29)24(17-3-4-18(13-28)21(27)11-17)20(15-31-25)16-5-6-23(34-2)22(33)12-16/h3-6,11-12,15,33H,7-10,30H2,1-2H3. The summed E-state index contributed by atoms with van der Waals surface area (Å²) in [6, 6.07) is 13.2. The van der Waals surface area contributed by atoms with Gasteiger partial charge in [-0.3, -0.25) is 0 Å². The lowest BCUT2D eigenvalue weighted by Crippen LogP contribution is -2.48. The van der Waals surface area contributed by atoms with Crippen molar-refractivity contribution in [3.8, 4) is 45.9 Å². The van der Waals surface area contributed by atoms with E-state index in [2.05, 4.69) is 11.1 Å². The Morgan fingerprint density at radius 2 is 1.82 bits per heavy atom. The first-order valence-corrected chi connectivity index (χ1v) is 10.8. The van der Waals surface area contributed by atoms with Crippen LogP contribution < -0.4 is 15.4 Å². The molecule has 1 fully saturated rings. The lowest BCUT2D eigenvalue weighted by Gasteiger charge is -2.38. The number of phenols is 1. The number of hydrogen-bond donors (Lipinski definition) is 2. The maximum atomic E-state index is 14.6. The second-order valence-corrected chi connectivity index (χ2v) is 8.69. The lowest BCUT2D eigenvalue weighted by atomic mass is 9.89. The van der Waals surface area contributed by atoms with Crippen LogP contribution in [-0.2, 0) is 0 Å². The molecule has 0 atom stereocenters. The van der Waals surface area contributed by atoms with Gasteiger partial charge in [0.1, 0.15) is 29.3 Å². The van der Waals surface area contributed by atoms with Crippen molar-refractivity contribution < 1.29 is 14.2 Å². The minimum atomic E-state index is -0.678. The number of nitriles is 2. The van der Waals surface area contributed by atoms with Gasteiger partial charge >= 0.3 is 0 Å². The van der Waals surface area contributed by atoms with Crippen LogP contribution in [0.15, 0.2) is 42.6 Å². The van der Waals surface area contributed by atoms with E-state index in [0.29, 0.717) is 46.9 Å². The van der Waals surface area contributed by atoms with Gasteiger partial charge in [-0.1, -0.05) is 12.1 Å². The number of nitrogens with zero attached hydrogens (tertiary/aromatic N) is 4. The molecule has 2 heterocycles. The lowest BCUT2D eigenvalue weighted by molar-refractivity contribution is 0.363. The molecule has 1 saturated heterocycles. The van der Waals surface area contributed by atoms with E-state index in [0.717, 1.165) is 12.8 Å². The van der Waals surface area contributed by atoms with Crippen LogP contribution in [0.25, 0.3) is 22.3 Å². The molecule has 0 unspecified atom stereocenters. The van der Waals surface area contributed by atoms with E-state index in [1.165, 1.54) is 25.3 Å². The average Bonchev–Trinajstić information content (AvgIpc) is 2.83. The van der Waals surface area contributed by atoms with Gasteiger partial charge in [0.05, 0.1) is 12.7 Å². The second kappa shape index (κ2) is 9.01. The van der Waals surface area contributed by atoms with Gasteiger partial charge in [-0.15, -0.1) is 0 Å². The zero-order valence-electron chi connectivity index (χ0n) is 19.0. The molecule has 172 valence electrons. The number of hydrogen-bond acceptors (Lipinski definition) is 7. The SMILES string of the molecule is COc1ccc(-c2cnc(N3CCC(C)(N)CC3)c(C#N)c2-c2ccc(C#N)c(F)c2)cc1O. The number of aromatic hydroxyl groups is 1. The van der Waals surface area contributed by atoms with Gasteiger partial charge < -0.3 is 20.5 Å². The molecule has 0 aliphatic carbocycles. The number of benzene rings is 2. The van der Waals surface area contributed by atoms with Crippen molar-refractivity contribution in [3.63, 3.8) is 0 Å². The Hall–Kier alpha value is -4.14. The van der Waals surface area contributed by atoms with Gasteiger partial charge in [0.15, 0.2) is 11.5 Å². The van der Waals surface area contributed by atoms with Crippen LogP contribution in [-0.4, -0.2) is 35.8 Å². The van der Waals surface area contributed by atoms with Gasteiger partial charge in [0.2, 0.25) is 0 Å². The van der Waals surface area contributed by atoms with Crippen molar-refractivity contribution in [1.29, 1.82) is 10.5 Å². The fraction of sp³-hybridized carbons (Fsp3) is 0.269. The van der Waals surface area contributed by atoms with E-state index in [1.807, 2.05) is 17.9 Å². The largest absolute Gasteiger partial charge is 0.504 e. The third kappa shape index (κ3) is 4.24. The summed E-state index contributed by atoms with van der Waals surface area (Å²) in [5.74, 6) is 0.0534. The van der Waals surface area contributed by atoms with Crippen molar-refractivity contribution in [2.75, 3.05) is 25.1 Å². The molecule has 1 aliphatic rings. The zero-order chi connectivity index (χ0) is 24.5. The van der Waals surface area contributed by atoms with Gasteiger partial charge in [0, 0.05) is 36.0 Å². The van der Waals surface area contributed by atoms with Crippen molar-refractivity contribution in [3.05, 3.63) is 59.5 Å². The monoisotopic (exact) mass is 457 g/mol. The number of pyridine rings is 1. The Kier molecular flexibility index (Phi) is 6.10. The molecular formula is C26H24FN5O2. The van der Waals surface area contributed by atoms with Crippen LogP contribution in [0.3, 0.4) is 0 Å². The predicted octanol–water partition coefficient (Wildman–Crippen LogP) is 4.33. The summed E-state index contributed by atoms with van der Waals surface area (Å²) in [5, 5.41) is 29.7. The van der Waals surface area contributed by atoms with Crippen molar-refractivity contribution in [1.82, 2.24) is 4.98 Å². The van der Waals surface area contributed by atoms with E-state index >= 15 is 0 Å². The highest BCUT2D eigenvalue weighted by Crippen LogP contribution is 2.41. The van der Waals surface area contributed by atoms with Gasteiger partial charge in [0.25, 0.3) is 0 Å². The third-order valence-electron chi connectivity index (χ3n) is 6.24. The number of ether oxygens (including phenoxy) is 1. The molecule has 0 saturated carbocycles. The topological polar surface area (TPSA) is 119 Å². The Morgan fingerprint density at radius 3 is 2.41 bits per heavy atom. The zero-order valence-corrected chi connectivity index (χ0v) is 19.0. The molecular weight excluding hydrogens is 433 g/mol. The molecule has 1 aromatic heterocycles. The summed E-state index contributed by atoms with van der Waals surface area (Å²) in [7, 11) is 1.45. The van der Waals surface area contributed by atoms with Crippen LogP contribution in [0.1, 0.15) is 30.9 Å². The number of phenolic OH excluding ortho intramolecular Hbond substituents is 1. The summed E-state index contributed by atoms with van der Waals surface area (Å²) in [4.78, 5) is 6.64. The molecule has 7 nitrogen and oxygen atoms in total. The Morgan fingerprint density at radius 1 is 1.12 bits per heavy atom. The fourth-order valence-electron chi connectivity index (χ4n) is 4.21. The van der Waals surface area contributed by atoms with Crippen molar-refractivity contribution in [2.45, 2.75) is 25.3 Å². The second-order valence-electron chi connectivity index (χ2n) is 8.69. The van der Waals surface area contributed by atoms with Crippen molar-refractivity contribution >= 4 is 5.82 Å². The first-order chi connectivity index (χ1) is 16.3. The van der Waals surface area contributed by atoms with Crippen LogP contribution in [0.4, 0.5) is 10.2 Å². The molecule has 1 aliphatic heterocycles. The number of methoxy groups -OCH3 is 1. The maximum Gasteiger partial charge on any atom is 0.160 e. The average molecular weight is 458 g/mol. The number of rotatable bonds is 4. The number of nitrogens with two attached hydrogens (primary N) is 1. The first-order valence-electron chi connectivity index (χ1n) is 10.8. The smallest absolute Gasteiger partial charge is 0.160 e. The summed E-state index contributed by atoms with van der Waals surface area (Å²) in [6.45, 7) is 3.28. The number of halogens is 1. The Bertz CT molecular complexity index is 1330. The highest BCUT2D eigenvalue weighted by atomic mass is 19.1. The normalized spacial score (nSPS) is 14.8.